The van der Waals surface area contributed by atoms with Gasteiger partial charge in [0.2, 0.25) is 0 Å². The van der Waals surface area contributed by atoms with E-state index in [9.17, 15) is 0 Å². The van der Waals surface area contributed by atoms with E-state index in [1.807, 2.05) is 19.0 Å². The molecule has 0 aromatic heterocycles. The Labute approximate surface area is 93.7 Å². The number of nitriles is 1. The predicted molar refractivity (Wildman–Crippen MR) is 58.5 cm³/mol. The molecule has 0 saturated heterocycles. The fraction of sp³-hybridized carbons (Fsp3) is 0.300. The highest BCUT2D eigenvalue weighted by Crippen LogP contribution is 2.25. The zero-order valence-electron chi connectivity index (χ0n) is 7.96. The van der Waals surface area contributed by atoms with E-state index in [-0.39, 0.29) is 6.04 Å². The first kappa shape index (κ1) is 11.3. The van der Waals surface area contributed by atoms with Crippen molar-refractivity contribution in [2.75, 3.05) is 14.1 Å². The molecule has 0 N–H and O–H groups in total. The Morgan fingerprint density at radius 2 is 1.71 bits per heavy atom. The number of hydrogen-bond donors (Lipinski definition) is 0. The van der Waals surface area contributed by atoms with Crippen molar-refractivity contribution in [1.29, 1.82) is 5.26 Å². The summed E-state index contributed by atoms with van der Waals surface area (Å²) in [7, 11) is 3.67. The summed E-state index contributed by atoms with van der Waals surface area (Å²) in [5, 5.41) is 10.1. The highest BCUT2D eigenvalue weighted by atomic mass is 35.5. The van der Waals surface area contributed by atoms with E-state index in [0.29, 0.717) is 10.0 Å². The number of benzene rings is 1. The van der Waals surface area contributed by atoms with Gasteiger partial charge in [-0.05, 0) is 37.9 Å². The topological polar surface area (TPSA) is 27.0 Å². The Balaban J connectivity index is 3.12. The molecule has 0 radical (unpaired) electrons. The Morgan fingerprint density at radius 1 is 1.21 bits per heavy atom. The molecule has 0 aliphatic heterocycles. The molecule has 1 rings (SSSR count). The first-order chi connectivity index (χ1) is 6.54. The summed E-state index contributed by atoms with van der Waals surface area (Å²) in [6.07, 6.45) is 0. The lowest BCUT2D eigenvalue weighted by Crippen LogP contribution is -2.18. The van der Waals surface area contributed by atoms with E-state index in [4.69, 9.17) is 28.5 Å². The number of halogens is 2. The van der Waals surface area contributed by atoms with Crippen molar-refractivity contribution in [3.05, 3.63) is 33.8 Å². The van der Waals surface area contributed by atoms with Gasteiger partial charge in [-0.3, -0.25) is 4.90 Å². The van der Waals surface area contributed by atoms with Crippen molar-refractivity contribution in [3.8, 4) is 6.07 Å². The molecule has 1 aromatic rings. The average Bonchev–Trinajstić information content (AvgIpc) is 2.02. The van der Waals surface area contributed by atoms with Crippen LogP contribution >= 0.6 is 23.2 Å². The van der Waals surface area contributed by atoms with Gasteiger partial charge in [0, 0.05) is 10.0 Å². The molecule has 0 spiro atoms. The second-order valence-electron chi connectivity index (χ2n) is 3.20. The molecule has 4 heteroatoms. The Hall–Kier alpha value is -0.750. The summed E-state index contributed by atoms with van der Waals surface area (Å²) in [5.41, 5.74) is 0.815. The fourth-order valence-corrected chi connectivity index (χ4v) is 1.76. The van der Waals surface area contributed by atoms with Crippen molar-refractivity contribution in [3.63, 3.8) is 0 Å². The van der Waals surface area contributed by atoms with E-state index in [1.54, 1.807) is 18.2 Å². The molecule has 14 heavy (non-hydrogen) atoms. The molecule has 0 heterocycles. The summed E-state index contributed by atoms with van der Waals surface area (Å²) in [5.74, 6) is 0. The second kappa shape index (κ2) is 4.65. The quantitative estimate of drug-likeness (QED) is 0.778. The van der Waals surface area contributed by atoms with Crippen LogP contribution in [0.4, 0.5) is 0 Å². The van der Waals surface area contributed by atoms with Crippen LogP contribution in [0.1, 0.15) is 11.6 Å². The summed E-state index contributed by atoms with van der Waals surface area (Å²) in [6.45, 7) is 0. The molecular weight excluding hydrogens is 219 g/mol. The van der Waals surface area contributed by atoms with E-state index < -0.39 is 0 Å². The van der Waals surface area contributed by atoms with Crippen LogP contribution in [0.2, 0.25) is 10.0 Å². The van der Waals surface area contributed by atoms with Crippen LogP contribution in [0.5, 0.6) is 0 Å². The minimum atomic E-state index is -0.314. The molecule has 74 valence electrons. The van der Waals surface area contributed by atoms with Gasteiger partial charge >= 0.3 is 0 Å². The van der Waals surface area contributed by atoms with Gasteiger partial charge in [0.1, 0.15) is 6.04 Å². The van der Waals surface area contributed by atoms with Crippen LogP contribution in [0.15, 0.2) is 18.2 Å². The summed E-state index contributed by atoms with van der Waals surface area (Å²) < 4.78 is 0. The van der Waals surface area contributed by atoms with Crippen LogP contribution in [0.3, 0.4) is 0 Å². The van der Waals surface area contributed by atoms with Gasteiger partial charge < -0.3 is 0 Å². The minimum absolute atomic E-state index is 0.314. The molecule has 0 bridgehead atoms. The first-order valence-electron chi connectivity index (χ1n) is 4.06. The third-order valence-electron chi connectivity index (χ3n) is 1.84. The zero-order chi connectivity index (χ0) is 10.7. The van der Waals surface area contributed by atoms with Crippen LogP contribution in [-0.2, 0) is 0 Å². The molecule has 0 aliphatic rings. The van der Waals surface area contributed by atoms with Gasteiger partial charge in [0.05, 0.1) is 6.07 Å². The van der Waals surface area contributed by atoms with Gasteiger partial charge in [-0.2, -0.15) is 5.26 Å². The molecule has 1 aromatic carbocycles. The SMILES string of the molecule is CN(C)C(C#N)c1cc(Cl)cc(Cl)c1. The molecule has 0 fully saturated rings. The maximum atomic E-state index is 8.95. The third kappa shape index (κ3) is 2.62. The van der Waals surface area contributed by atoms with Crippen molar-refractivity contribution >= 4 is 23.2 Å². The molecule has 2 nitrogen and oxygen atoms in total. The fourth-order valence-electron chi connectivity index (χ4n) is 1.22. The lowest BCUT2D eigenvalue weighted by atomic mass is 10.1. The van der Waals surface area contributed by atoms with Crippen LogP contribution in [0, 0.1) is 11.3 Å². The monoisotopic (exact) mass is 228 g/mol. The normalized spacial score (nSPS) is 12.6. The van der Waals surface area contributed by atoms with E-state index in [0.717, 1.165) is 5.56 Å². The van der Waals surface area contributed by atoms with E-state index >= 15 is 0 Å². The average molecular weight is 229 g/mol. The van der Waals surface area contributed by atoms with E-state index in [2.05, 4.69) is 6.07 Å². The highest BCUT2D eigenvalue weighted by molar-refractivity contribution is 6.34. The van der Waals surface area contributed by atoms with Crippen LogP contribution < -0.4 is 0 Å². The molecule has 1 atom stereocenters. The Morgan fingerprint density at radius 3 is 2.07 bits per heavy atom. The van der Waals surface area contributed by atoms with Crippen molar-refractivity contribution in [2.24, 2.45) is 0 Å². The van der Waals surface area contributed by atoms with Crippen molar-refractivity contribution in [1.82, 2.24) is 4.90 Å². The summed E-state index contributed by atoms with van der Waals surface area (Å²) >= 11 is 11.7. The minimum Gasteiger partial charge on any atom is -0.291 e. The van der Waals surface area contributed by atoms with Crippen LogP contribution in [0.25, 0.3) is 0 Å². The highest BCUT2D eigenvalue weighted by Gasteiger charge is 2.13. The summed E-state index contributed by atoms with van der Waals surface area (Å²) in [4.78, 5) is 1.81. The molecule has 0 aliphatic carbocycles. The largest absolute Gasteiger partial charge is 0.291 e. The lowest BCUT2D eigenvalue weighted by Gasteiger charge is -2.17. The van der Waals surface area contributed by atoms with Gasteiger partial charge in [-0.1, -0.05) is 23.2 Å². The standard InChI is InChI=1S/C10H10Cl2N2/c1-14(2)10(6-13)7-3-8(11)5-9(12)4-7/h3-5,10H,1-2H3. The number of nitrogens with zero attached hydrogens (tertiary/aromatic N) is 2. The van der Waals surface area contributed by atoms with Gasteiger partial charge in [-0.15, -0.1) is 0 Å². The van der Waals surface area contributed by atoms with Gasteiger partial charge in [0.25, 0.3) is 0 Å². The zero-order valence-corrected chi connectivity index (χ0v) is 9.47. The first-order valence-corrected chi connectivity index (χ1v) is 4.82. The third-order valence-corrected chi connectivity index (χ3v) is 2.28. The van der Waals surface area contributed by atoms with Gasteiger partial charge in [-0.25, -0.2) is 0 Å². The van der Waals surface area contributed by atoms with Crippen molar-refractivity contribution < 1.29 is 0 Å². The van der Waals surface area contributed by atoms with Crippen molar-refractivity contribution in [2.45, 2.75) is 6.04 Å². The second-order valence-corrected chi connectivity index (χ2v) is 4.07. The van der Waals surface area contributed by atoms with E-state index in [1.165, 1.54) is 0 Å². The predicted octanol–water partition coefficient (Wildman–Crippen LogP) is 3.12. The summed E-state index contributed by atoms with van der Waals surface area (Å²) in [6, 6.07) is 7.02. The smallest absolute Gasteiger partial charge is 0.123 e. The number of hydrogen-bond acceptors (Lipinski definition) is 2. The lowest BCUT2D eigenvalue weighted by molar-refractivity contribution is 0.358. The molecule has 0 saturated carbocycles. The molecule has 1 unspecified atom stereocenters. The maximum Gasteiger partial charge on any atom is 0.123 e. The molecular formula is C10H10Cl2N2. The van der Waals surface area contributed by atoms with Crippen LogP contribution in [-0.4, -0.2) is 19.0 Å². The molecule has 0 amide bonds. The maximum absolute atomic E-state index is 8.95. The Kier molecular flexibility index (Phi) is 3.77. The van der Waals surface area contributed by atoms with Gasteiger partial charge in [0.15, 0.2) is 0 Å². The Bertz CT molecular complexity index is 349. The number of rotatable bonds is 2.